The highest BCUT2D eigenvalue weighted by Crippen LogP contribution is 2.27. The summed E-state index contributed by atoms with van der Waals surface area (Å²) in [6, 6.07) is 2.18. The van der Waals surface area contributed by atoms with Crippen molar-refractivity contribution in [2.75, 3.05) is 0 Å². The molecule has 0 radical (unpaired) electrons. The smallest absolute Gasteiger partial charge is 0.220 e. The maximum absolute atomic E-state index is 12.0. The molecule has 0 bridgehead atoms. The van der Waals surface area contributed by atoms with Crippen LogP contribution in [-0.2, 0) is 11.2 Å². The number of hydrogen-bond acceptors (Lipinski definition) is 2. The van der Waals surface area contributed by atoms with Crippen molar-refractivity contribution < 1.29 is 4.79 Å². The Bertz CT molecular complexity index is 435. The van der Waals surface area contributed by atoms with Crippen LogP contribution in [0.15, 0.2) is 6.07 Å². The number of nitrogens with zero attached hydrogens (tertiary/aromatic N) is 1. The Morgan fingerprint density at radius 1 is 1.43 bits per heavy atom. The molecule has 1 amide bonds. The number of carbonyl (C=O) groups is 1. The topological polar surface area (TPSA) is 57.8 Å². The molecule has 118 valence electrons. The summed E-state index contributed by atoms with van der Waals surface area (Å²) < 4.78 is 0. The van der Waals surface area contributed by atoms with Gasteiger partial charge in [0.05, 0.1) is 5.69 Å². The fourth-order valence-electron chi connectivity index (χ4n) is 3.32. The van der Waals surface area contributed by atoms with Gasteiger partial charge in [0.1, 0.15) is 0 Å². The highest BCUT2D eigenvalue weighted by atomic mass is 16.1. The fourth-order valence-corrected chi connectivity index (χ4v) is 3.32. The first-order valence-corrected chi connectivity index (χ1v) is 8.43. The summed E-state index contributed by atoms with van der Waals surface area (Å²) in [5, 5.41) is 10.2. The van der Waals surface area contributed by atoms with Gasteiger partial charge in [-0.15, -0.1) is 0 Å². The molecule has 21 heavy (non-hydrogen) atoms. The summed E-state index contributed by atoms with van der Waals surface area (Å²) >= 11 is 0. The molecule has 0 aromatic carbocycles. The number of carbonyl (C=O) groups excluding carboxylic acids is 1. The molecule has 1 fully saturated rings. The van der Waals surface area contributed by atoms with Crippen molar-refractivity contribution >= 4 is 5.91 Å². The van der Waals surface area contributed by atoms with Crippen LogP contribution in [0.2, 0.25) is 0 Å². The molecule has 1 aromatic heterocycles. The van der Waals surface area contributed by atoms with Gasteiger partial charge in [-0.2, -0.15) is 5.10 Å². The zero-order valence-electron chi connectivity index (χ0n) is 13.5. The van der Waals surface area contributed by atoms with Crippen molar-refractivity contribution in [1.82, 2.24) is 15.5 Å². The van der Waals surface area contributed by atoms with Gasteiger partial charge in [-0.25, -0.2) is 0 Å². The molecule has 1 aliphatic rings. The molecule has 0 saturated heterocycles. The maximum atomic E-state index is 12.0. The van der Waals surface area contributed by atoms with E-state index in [2.05, 4.69) is 15.5 Å². The minimum absolute atomic E-state index is 0.148. The maximum Gasteiger partial charge on any atom is 0.220 e. The van der Waals surface area contributed by atoms with Crippen LogP contribution < -0.4 is 5.32 Å². The summed E-state index contributed by atoms with van der Waals surface area (Å²) in [5.41, 5.74) is 2.08. The van der Waals surface area contributed by atoms with Crippen molar-refractivity contribution in [2.24, 2.45) is 5.92 Å². The van der Waals surface area contributed by atoms with E-state index in [1.807, 2.05) is 19.9 Å². The summed E-state index contributed by atoms with van der Waals surface area (Å²) in [6.45, 7) is 4.04. The van der Waals surface area contributed by atoms with Gasteiger partial charge in [0.2, 0.25) is 5.91 Å². The Morgan fingerprint density at radius 3 is 2.86 bits per heavy atom. The minimum atomic E-state index is 0.148. The molecule has 0 aliphatic heterocycles. The van der Waals surface area contributed by atoms with Crippen LogP contribution in [-0.4, -0.2) is 22.1 Å². The molecular formula is C17H29N3O. The molecule has 4 heteroatoms. The second kappa shape index (κ2) is 8.20. The monoisotopic (exact) mass is 291 g/mol. The Hall–Kier alpha value is -1.32. The molecule has 1 unspecified atom stereocenters. The van der Waals surface area contributed by atoms with Crippen LogP contribution in [0.1, 0.15) is 69.7 Å². The number of aromatic amines is 1. The van der Waals surface area contributed by atoms with Crippen molar-refractivity contribution in [3.63, 3.8) is 0 Å². The van der Waals surface area contributed by atoms with E-state index in [0.29, 0.717) is 6.42 Å². The highest BCUT2D eigenvalue weighted by molar-refractivity contribution is 5.76. The van der Waals surface area contributed by atoms with E-state index in [9.17, 15) is 4.79 Å². The molecule has 1 heterocycles. The van der Waals surface area contributed by atoms with Gasteiger partial charge < -0.3 is 5.32 Å². The van der Waals surface area contributed by atoms with Crippen molar-refractivity contribution in [3.8, 4) is 0 Å². The molecule has 1 atom stereocenters. The summed E-state index contributed by atoms with van der Waals surface area (Å²) in [7, 11) is 0. The molecule has 1 aliphatic carbocycles. The van der Waals surface area contributed by atoms with Gasteiger partial charge >= 0.3 is 0 Å². The van der Waals surface area contributed by atoms with Crippen LogP contribution in [0, 0.1) is 12.8 Å². The molecule has 2 rings (SSSR count). The average molecular weight is 291 g/mol. The normalized spacial score (nSPS) is 17.6. The van der Waals surface area contributed by atoms with Gasteiger partial charge in [0, 0.05) is 24.6 Å². The van der Waals surface area contributed by atoms with Crippen LogP contribution in [0.4, 0.5) is 0 Å². The second-order valence-electron chi connectivity index (χ2n) is 6.61. The number of aromatic nitrogens is 2. The van der Waals surface area contributed by atoms with Gasteiger partial charge in [-0.05, 0) is 38.7 Å². The SMILES string of the molecule is Cc1cc(CC(C)NC(=O)CCCC2CCCCC2)n[nH]1. The summed E-state index contributed by atoms with van der Waals surface area (Å²) in [4.78, 5) is 12.0. The zero-order valence-corrected chi connectivity index (χ0v) is 13.5. The largest absolute Gasteiger partial charge is 0.353 e. The van der Waals surface area contributed by atoms with E-state index in [0.717, 1.165) is 30.1 Å². The van der Waals surface area contributed by atoms with Gasteiger partial charge in [-0.3, -0.25) is 9.89 Å². The predicted octanol–water partition coefficient (Wildman–Crippen LogP) is 3.52. The third kappa shape index (κ3) is 5.90. The minimum Gasteiger partial charge on any atom is -0.353 e. The Labute approximate surface area is 128 Å². The molecule has 1 saturated carbocycles. The van der Waals surface area contributed by atoms with E-state index in [4.69, 9.17) is 0 Å². The third-order valence-electron chi connectivity index (χ3n) is 4.42. The van der Waals surface area contributed by atoms with Crippen LogP contribution in [0.3, 0.4) is 0 Å². The standard InChI is InChI=1S/C17H29N3O/c1-13(11-16-12-14(2)19-20-16)18-17(21)10-6-9-15-7-4-3-5-8-15/h12-13,15H,3-11H2,1-2H3,(H,18,21)(H,19,20). The van der Waals surface area contributed by atoms with Gasteiger partial charge in [0.25, 0.3) is 0 Å². The number of aryl methyl sites for hydroxylation is 1. The lowest BCUT2D eigenvalue weighted by molar-refractivity contribution is -0.121. The van der Waals surface area contributed by atoms with E-state index < -0.39 is 0 Å². The molecule has 2 N–H and O–H groups in total. The van der Waals surface area contributed by atoms with Crippen LogP contribution >= 0.6 is 0 Å². The van der Waals surface area contributed by atoms with E-state index in [1.54, 1.807) is 0 Å². The van der Waals surface area contributed by atoms with Gasteiger partial charge in [0.15, 0.2) is 0 Å². The average Bonchev–Trinajstić information content (AvgIpc) is 2.85. The van der Waals surface area contributed by atoms with Gasteiger partial charge in [-0.1, -0.05) is 32.1 Å². The highest BCUT2D eigenvalue weighted by Gasteiger charge is 2.14. The van der Waals surface area contributed by atoms with E-state index >= 15 is 0 Å². The number of rotatable bonds is 7. The summed E-state index contributed by atoms with van der Waals surface area (Å²) in [5.74, 6) is 1.06. The van der Waals surface area contributed by atoms with E-state index in [1.165, 1.54) is 38.5 Å². The fraction of sp³-hybridized carbons (Fsp3) is 0.765. The second-order valence-corrected chi connectivity index (χ2v) is 6.61. The number of H-pyrrole nitrogens is 1. The first-order chi connectivity index (χ1) is 10.1. The first-order valence-electron chi connectivity index (χ1n) is 8.43. The lowest BCUT2D eigenvalue weighted by atomic mass is 9.86. The molecule has 4 nitrogen and oxygen atoms in total. The Balaban J connectivity index is 1.59. The number of amides is 1. The lowest BCUT2D eigenvalue weighted by Crippen LogP contribution is -2.34. The van der Waals surface area contributed by atoms with Crippen LogP contribution in [0.25, 0.3) is 0 Å². The molecular weight excluding hydrogens is 262 g/mol. The Morgan fingerprint density at radius 2 is 2.19 bits per heavy atom. The Kier molecular flexibility index (Phi) is 6.27. The quantitative estimate of drug-likeness (QED) is 0.807. The van der Waals surface area contributed by atoms with Crippen molar-refractivity contribution in [2.45, 2.75) is 77.7 Å². The number of hydrogen-bond donors (Lipinski definition) is 2. The predicted molar refractivity (Wildman–Crippen MR) is 85.1 cm³/mol. The van der Waals surface area contributed by atoms with Crippen LogP contribution in [0.5, 0.6) is 0 Å². The van der Waals surface area contributed by atoms with Crippen molar-refractivity contribution in [1.29, 1.82) is 0 Å². The molecule has 0 spiro atoms. The number of nitrogens with one attached hydrogen (secondary N) is 2. The third-order valence-corrected chi connectivity index (χ3v) is 4.42. The van der Waals surface area contributed by atoms with E-state index in [-0.39, 0.29) is 11.9 Å². The van der Waals surface area contributed by atoms with Crippen molar-refractivity contribution in [3.05, 3.63) is 17.5 Å². The summed E-state index contributed by atoms with van der Waals surface area (Å²) in [6.07, 6.45) is 10.6. The molecule has 1 aromatic rings. The lowest BCUT2D eigenvalue weighted by Gasteiger charge is -2.21. The zero-order chi connectivity index (χ0) is 15.1. The first kappa shape index (κ1) is 16.1.